The Kier molecular flexibility index (Phi) is 4.37. The Bertz CT molecular complexity index is 614. The Morgan fingerprint density at radius 2 is 1.83 bits per heavy atom. The summed E-state index contributed by atoms with van der Waals surface area (Å²) < 4.78 is 51.8. The summed E-state index contributed by atoms with van der Waals surface area (Å²) in [6.07, 6.45) is -6.12. The Morgan fingerprint density at radius 3 is 2.30 bits per heavy atom. The van der Waals surface area contributed by atoms with Crippen LogP contribution in [0.5, 0.6) is 0 Å². The number of rotatable bonds is 3. The van der Waals surface area contributed by atoms with Gasteiger partial charge in [-0.1, -0.05) is 12.1 Å². The minimum absolute atomic E-state index is 0.0999. The van der Waals surface area contributed by atoms with E-state index in [1.54, 1.807) is 0 Å². The van der Waals surface area contributed by atoms with E-state index in [4.69, 9.17) is 0 Å². The number of hydrogen-bond acceptors (Lipinski definition) is 2. The van der Waals surface area contributed by atoms with E-state index in [0.717, 1.165) is 17.0 Å². The Morgan fingerprint density at radius 1 is 1.26 bits per heavy atom. The van der Waals surface area contributed by atoms with Gasteiger partial charge < -0.3 is 10.0 Å². The molecule has 0 bridgehead atoms. The van der Waals surface area contributed by atoms with Crippen LogP contribution in [0.4, 0.5) is 17.6 Å². The van der Waals surface area contributed by atoms with E-state index in [0.29, 0.717) is 18.6 Å². The average molecular weight is 333 g/mol. The van der Waals surface area contributed by atoms with Crippen molar-refractivity contribution in [2.75, 3.05) is 6.54 Å². The Balaban J connectivity index is 2.21. The number of carbonyl (C=O) groups excluding carboxylic acids is 1. The van der Waals surface area contributed by atoms with Crippen LogP contribution in [0.1, 0.15) is 37.1 Å². The summed E-state index contributed by atoms with van der Waals surface area (Å²) in [6.45, 7) is 1.43. The molecule has 0 aromatic heterocycles. The molecule has 1 fully saturated rings. The van der Waals surface area contributed by atoms with E-state index in [-0.39, 0.29) is 18.5 Å². The quantitative estimate of drug-likeness (QED) is 0.865. The number of nitrogens with zero attached hydrogens (tertiary/aromatic N) is 1. The molecule has 1 aliphatic heterocycles. The van der Waals surface area contributed by atoms with Gasteiger partial charge in [-0.15, -0.1) is 0 Å². The summed E-state index contributed by atoms with van der Waals surface area (Å²) in [7, 11) is 0. The third-order valence-electron chi connectivity index (χ3n) is 4.12. The number of carboxylic acid groups (broad SMARTS) is 1. The van der Waals surface area contributed by atoms with Gasteiger partial charge in [0.25, 0.3) is 5.91 Å². The normalized spacial score (nSPS) is 22.9. The molecule has 1 saturated heterocycles. The molecule has 0 radical (unpaired) electrons. The van der Waals surface area contributed by atoms with Crippen LogP contribution in [0, 0.1) is 0 Å². The topological polar surface area (TPSA) is 57.6 Å². The van der Waals surface area contributed by atoms with Crippen molar-refractivity contribution in [2.45, 2.75) is 37.7 Å². The highest BCUT2D eigenvalue weighted by atomic mass is 19.4. The first-order valence-electron chi connectivity index (χ1n) is 6.93. The zero-order valence-electron chi connectivity index (χ0n) is 12.2. The van der Waals surface area contributed by atoms with Crippen molar-refractivity contribution in [2.24, 2.45) is 0 Å². The number of carboxylic acids is 1. The molecule has 1 heterocycles. The summed E-state index contributed by atoms with van der Waals surface area (Å²) in [5.41, 5.74) is -2.67. The predicted octanol–water partition coefficient (Wildman–Crippen LogP) is 3.18. The SMILES string of the molecule is CC1(C(=O)O)CCCN1C(=O)C(F)c1ccc(C(F)(F)F)cc1. The second-order valence-corrected chi connectivity index (χ2v) is 5.65. The minimum atomic E-state index is -4.55. The fourth-order valence-corrected chi connectivity index (χ4v) is 2.66. The monoisotopic (exact) mass is 333 g/mol. The van der Waals surface area contributed by atoms with Crippen LogP contribution in [-0.4, -0.2) is 34.0 Å². The van der Waals surface area contributed by atoms with Crippen LogP contribution >= 0.6 is 0 Å². The molecule has 1 aromatic carbocycles. The average Bonchev–Trinajstić information content (AvgIpc) is 2.88. The molecular formula is C15H15F4NO3. The highest BCUT2D eigenvalue weighted by Gasteiger charge is 2.47. The van der Waals surface area contributed by atoms with Gasteiger partial charge in [0.05, 0.1) is 5.56 Å². The van der Waals surface area contributed by atoms with E-state index in [2.05, 4.69) is 0 Å². The van der Waals surface area contributed by atoms with Crippen LogP contribution < -0.4 is 0 Å². The molecule has 1 N–H and O–H groups in total. The van der Waals surface area contributed by atoms with Gasteiger partial charge in [0.1, 0.15) is 5.54 Å². The van der Waals surface area contributed by atoms with Crippen molar-refractivity contribution in [3.05, 3.63) is 35.4 Å². The van der Waals surface area contributed by atoms with Gasteiger partial charge in [0.15, 0.2) is 0 Å². The van der Waals surface area contributed by atoms with Crippen LogP contribution in [0.25, 0.3) is 0 Å². The van der Waals surface area contributed by atoms with Gasteiger partial charge >= 0.3 is 12.1 Å². The van der Waals surface area contributed by atoms with Crippen LogP contribution in [-0.2, 0) is 15.8 Å². The standard InChI is InChI=1S/C15H15F4NO3/c1-14(13(22)23)7-2-8-20(14)12(21)11(16)9-3-5-10(6-4-9)15(17,18)19/h3-6,11H,2,7-8H2,1H3,(H,22,23). The van der Waals surface area contributed by atoms with E-state index < -0.39 is 35.3 Å². The van der Waals surface area contributed by atoms with Gasteiger partial charge in [-0.25, -0.2) is 9.18 Å². The number of benzene rings is 1. The lowest BCUT2D eigenvalue weighted by Crippen LogP contribution is -2.51. The summed E-state index contributed by atoms with van der Waals surface area (Å²) in [6, 6.07) is 3.16. The molecule has 2 atom stereocenters. The third-order valence-corrected chi connectivity index (χ3v) is 4.12. The highest BCUT2D eigenvalue weighted by molar-refractivity contribution is 5.90. The van der Waals surface area contributed by atoms with Gasteiger partial charge in [0, 0.05) is 6.54 Å². The van der Waals surface area contributed by atoms with Gasteiger partial charge in [-0.05, 0) is 37.5 Å². The number of alkyl halides is 4. The first-order chi connectivity index (χ1) is 10.6. The Hall–Kier alpha value is -2.12. The number of hydrogen-bond donors (Lipinski definition) is 1. The van der Waals surface area contributed by atoms with E-state index in [9.17, 15) is 32.3 Å². The van der Waals surface area contributed by atoms with E-state index >= 15 is 0 Å². The first kappa shape index (κ1) is 17.2. The number of amides is 1. The molecule has 1 aromatic rings. The van der Waals surface area contributed by atoms with Crippen LogP contribution in [0.3, 0.4) is 0 Å². The Labute approximate surface area is 129 Å². The minimum Gasteiger partial charge on any atom is -0.480 e. The highest BCUT2D eigenvalue weighted by Crippen LogP contribution is 2.34. The van der Waals surface area contributed by atoms with Crippen molar-refractivity contribution in [3.8, 4) is 0 Å². The smallest absolute Gasteiger partial charge is 0.416 e. The summed E-state index contributed by atoms with van der Waals surface area (Å²) in [5, 5.41) is 9.23. The first-order valence-corrected chi connectivity index (χ1v) is 6.93. The zero-order valence-corrected chi connectivity index (χ0v) is 12.2. The molecule has 1 aliphatic rings. The summed E-state index contributed by atoms with van der Waals surface area (Å²) >= 11 is 0. The molecule has 126 valence electrons. The molecule has 2 rings (SSSR count). The predicted molar refractivity (Wildman–Crippen MR) is 72.3 cm³/mol. The van der Waals surface area contributed by atoms with Crippen molar-refractivity contribution in [3.63, 3.8) is 0 Å². The number of aliphatic carboxylic acids is 1. The number of likely N-dealkylation sites (tertiary alicyclic amines) is 1. The third kappa shape index (κ3) is 3.16. The molecule has 23 heavy (non-hydrogen) atoms. The lowest BCUT2D eigenvalue weighted by Gasteiger charge is -2.32. The zero-order chi connectivity index (χ0) is 17.4. The second-order valence-electron chi connectivity index (χ2n) is 5.65. The van der Waals surface area contributed by atoms with Gasteiger partial charge in [-0.3, -0.25) is 4.79 Å². The van der Waals surface area contributed by atoms with Crippen molar-refractivity contribution in [1.29, 1.82) is 0 Å². The molecular weight excluding hydrogens is 318 g/mol. The van der Waals surface area contributed by atoms with Crippen LogP contribution in [0.15, 0.2) is 24.3 Å². The molecule has 1 amide bonds. The molecule has 4 nitrogen and oxygen atoms in total. The van der Waals surface area contributed by atoms with Crippen molar-refractivity contribution < 1.29 is 32.3 Å². The van der Waals surface area contributed by atoms with Crippen LogP contribution in [0.2, 0.25) is 0 Å². The van der Waals surface area contributed by atoms with Crippen molar-refractivity contribution in [1.82, 2.24) is 4.90 Å². The van der Waals surface area contributed by atoms with E-state index in [1.807, 2.05) is 0 Å². The fourth-order valence-electron chi connectivity index (χ4n) is 2.66. The summed E-state index contributed by atoms with van der Waals surface area (Å²) in [5.74, 6) is -2.28. The fraction of sp³-hybridized carbons (Fsp3) is 0.467. The number of halogens is 4. The lowest BCUT2D eigenvalue weighted by atomic mass is 9.98. The number of carbonyl (C=O) groups is 2. The van der Waals surface area contributed by atoms with Gasteiger partial charge in [0.2, 0.25) is 6.17 Å². The molecule has 8 heteroatoms. The second kappa shape index (κ2) is 5.82. The largest absolute Gasteiger partial charge is 0.480 e. The summed E-state index contributed by atoms with van der Waals surface area (Å²) in [4.78, 5) is 24.5. The molecule has 0 saturated carbocycles. The molecule has 0 spiro atoms. The maximum absolute atomic E-state index is 14.4. The lowest BCUT2D eigenvalue weighted by molar-refractivity contribution is -0.157. The molecule has 0 aliphatic carbocycles. The maximum atomic E-state index is 14.4. The molecule has 2 unspecified atom stereocenters. The van der Waals surface area contributed by atoms with E-state index in [1.165, 1.54) is 6.92 Å². The maximum Gasteiger partial charge on any atom is 0.416 e. The van der Waals surface area contributed by atoms with Crippen molar-refractivity contribution >= 4 is 11.9 Å². The van der Waals surface area contributed by atoms with Gasteiger partial charge in [-0.2, -0.15) is 13.2 Å².